The highest BCUT2D eigenvalue weighted by molar-refractivity contribution is 5.99. The molecule has 0 amide bonds. The molecule has 0 unspecified atom stereocenters. The van der Waals surface area contributed by atoms with E-state index in [2.05, 4.69) is 10.3 Å². The van der Waals surface area contributed by atoms with Crippen molar-refractivity contribution >= 4 is 5.84 Å². The number of nitrogens with two attached hydrogens (primary N) is 1. The summed E-state index contributed by atoms with van der Waals surface area (Å²) >= 11 is 0. The summed E-state index contributed by atoms with van der Waals surface area (Å²) in [7, 11) is 0. The number of nitrogens with zero attached hydrogens (tertiary/aromatic N) is 3. The molecule has 1 rings (SSSR count). The first-order valence-corrected chi connectivity index (χ1v) is 2.88. The summed E-state index contributed by atoms with van der Waals surface area (Å²) in [5.41, 5.74) is 5.68. The summed E-state index contributed by atoms with van der Waals surface area (Å²) < 4.78 is 0. The Kier molecular flexibility index (Phi) is 1.75. The lowest BCUT2D eigenvalue weighted by Crippen LogP contribution is -2.19. The van der Waals surface area contributed by atoms with Crippen molar-refractivity contribution in [3.05, 3.63) is 11.3 Å². The predicted molar refractivity (Wildman–Crippen MR) is 37.9 cm³/mol. The molecule has 0 saturated heterocycles. The predicted octanol–water partition coefficient (Wildman–Crippen LogP) is -0.794. The first kappa shape index (κ1) is 7.10. The smallest absolute Gasteiger partial charge is 0.156 e. The van der Waals surface area contributed by atoms with Crippen LogP contribution in [0, 0.1) is 22.7 Å². The molecular weight excluding hydrogens is 142 g/mol. The topological polar surface area (TPSA) is 98.0 Å². The van der Waals surface area contributed by atoms with E-state index in [4.69, 9.17) is 16.3 Å². The van der Waals surface area contributed by atoms with Crippen LogP contribution in [0.2, 0.25) is 0 Å². The average Bonchev–Trinajstić information content (AvgIpc) is 2.40. The van der Waals surface area contributed by atoms with Crippen molar-refractivity contribution in [1.82, 2.24) is 5.32 Å². The molecule has 0 radical (unpaired) electrons. The average molecular weight is 147 g/mol. The number of amidine groups is 1. The van der Waals surface area contributed by atoms with Gasteiger partial charge in [-0.25, -0.2) is 4.99 Å². The summed E-state index contributed by atoms with van der Waals surface area (Å²) in [5, 5.41) is 19.6. The van der Waals surface area contributed by atoms with Crippen LogP contribution in [0.5, 0.6) is 0 Å². The van der Waals surface area contributed by atoms with Crippen LogP contribution in [0.25, 0.3) is 0 Å². The van der Waals surface area contributed by atoms with Gasteiger partial charge < -0.3 is 11.1 Å². The monoisotopic (exact) mass is 147 g/mol. The van der Waals surface area contributed by atoms with Crippen LogP contribution >= 0.6 is 0 Å². The molecule has 1 aliphatic rings. The van der Waals surface area contributed by atoms with E-state index < -0.39 is 0 Å². The van der Waals surface area contributed by atoms with Gasteiger partial charge in [0.2, 0.25) is 0 Å². The fourth-order valence-electron chi connectivity index (χ4n) is 0.727. The van der Waals surface area contributed by atoms with E-state index in [1.54, 1.807) is 12.1 Å². The Balaban J connectivity index is 3.09. The number of nitriles is 2. The van der Waals surface area contributed by atoms with E-state index in [9.17, 15) is 0 Å². The van der Waals surface area contributed by atoms with Crippen molar-refractivity contribution in [2.75, 3.05) is 6.67 Å². The molecule has 0 spiro atoms. The Morgan fingerprint density at radius 2 is 2.18 bits per heavy atom. The van der Waals surface area contributed by atoms with Gasteiger partial charge in [0.1, 0.15) is 30.3 Å². The standard InChI is InChI=1S/C6H5N5/c7-1-4(2-8)5-6(9)11-3-10-5/h10H,3H2,(H2,9,11). The minimum atomic E-state index is -0.0243. The van der Waals surface area contributed by atoms with Crippen molar-refractivity contribution < 1.29 is 0 Å². The number of hydrogen-bond acceptors (Lipinski definition) is 5. The molecule has 3 N–H and O–H groups in total. The second-order valence-corrected chi connectivity index (χ2v) is 1.85. The summed E-state index contributed by atoms with van der Waals surface area (Å²) in [5.74, 6) is 0.225. The summed E-state index contributed by atoms with van der Waals surface area (Å²) in [6, 6.07) is 3.44. The van der Waals surface area contributed by atoms with Gasteiger partial charge in [-0.15, -0.1) is 0 Å². The Labute approximate surface area is 63.4 Å². The maximum Gasteiger partial charge on any atom is 0.156 e. The van der Waals surface area contributed by atoms with E-state index in [1.165, 1.54) is 0 Å². The zero-order chi connectivity index (χ0) is 8.27. The third-order valence-corrected chi connectivity index (χ3v) is 1.23. The first-order valence-electron chi connectivity index (χ1n) is 2.88. The molecule has 5 nitrogen and oxygen atoms in total. The van der Waals surface area contributed by atoms with Crippen molar-refractivity contribution in [1.29, 1.82) is 10.5 Å². The normalized spacial score (nSPS) is 14.4. The van der Waals surface area contributed by atoms with Crippen molar-refractivity contribution in [2.24, 2.45) is 10.7 Å². The van der Waals surface area contributed by atoms with Crippen molar-refractivity contribution in [3.8, 4) is 12.1 Å². The van der Waals surface area contributed by atoms with Gasteiger partial charge in [0.15, 0.2) is 5.57 Å². The Bertz CT molecular complexity index is 295. The van der Waals surface area contributed by atoms with Crippen LogP contribution in [0.4, 0.5) is 0 Å². The maximum absolute atomic E-state index is 8.42. The first-order chi connectivity index (χ1) is 5.29. The van der Waals surface area contributed by atoms with Crippen LogP contribution in [0.1, 0.15) is 0 Å². The van der Waals surface area contributed by atoms with E-state index in [0.717, 1.165) is 0 Å². The SMILES string of the molecule is N#CC(C#N)=C1NCN=C1N. The van der Waals surface area contributed by atoms with E-state index in [0.29, 0.717) is 12.4 Å². The lowest BCUT2D eigenvalue weighted by atomic mass is 10.2. The van der Waals surface area contributed by atoms with Crippen LogP contribution < -0.4 is 11.1 Å². The van der Waals surface area contributed by atoms with Crippen LogP contribution in [-0.4, -0.2) is 12.5 Å². The van der Waals surface area contributed by atoms with Gasteiger partial charge in [0, 0.05) is 0 Å². The van der Waals surface area contributed by atoms with Gasteiger partial charge in [-0.1, -0.05) is 0 Å². The third kappa shape index (κ3) is 1.12. The lowest BCUT2D eigenvalue weighted by molar-refractivity contribution is 0.906. The highest BCUT2D eigenvalue weighted by Crippen LogP contribution is 2.03. The zero-order valence-electron chi connectivity index (χ0n) is 5.63. The van der Waals surface area contributed by atoms with Crippen LogP contribution in [0.3, 0.4) is 0 Å². The summed E-state index contributed by atoms with van der Waals surface area (Å²) in [6.07, 6.45) is 0. The van der Waals surface area contributed by atoms with Crippen molar-refractivity contribution in [3.63, 3.8) is 0 Å². The fraction of sp³-hybridized carbons (Fsp3) is 0.167. The van der Waals surface area contributed by atoms with Crippen LogP contribution in [0.15, 0.2) is 16.3 Å². The summed E-state index contributed by atoms with van der Waals surface area (Å²) in [4.78, 5) is 3.76. The highest BCUT2D eigenvalue weighted by Gasteiger charge is 2.13. The minimum Gasteiger partial charge on any atom is -0.382 e. The molecule has 0 aromatic carbocycles. The van der Waals surface area contributed by atoms with E-state index >= 15 is 0 Å². The third-order valence-electron chi connectivity index (χ3n) is 1.23. The molecule has 11 heavy (non-hydrogen) atoms. The molecule has 0 bridgehead atoms. The second kappa shape index (κ2) is 2.72. The minimum absolute atomic E-state index is 0.0243. The molecule has 0 atom stereocenters. The molecule has 0 saturated carbocycles. The fourth-order valence-corrected chi connectivity index (χ4v) is 0.727. The largest absolute Gasteiger partial charge is 0.382 e. The van der Waals surface area contributed by atoms with Gasteiger partial charge in [-0.05, 0) is 0 Å². The van der Waals surface area contributed by atoms with Gasteiger partial charge in [-0.3, -0.25) is 0 Å². The molecule has 0 aromatic heterocycles. The van der Waals surface area contributed by atoms with Gasteiger partial charge in [0.25, 0.3) is 0 Å². The van der Waals surface area contributed by atoms with Gasteiger partial charge in [-0.2, -0.15) is 10.5 Å². The maximum atomic E-state index is 8.42. The number of rotatable bonds is 0. The number of aliphatic imine (C=N–C) groups is 1. The number of hydrogen-bond donors (Lipinski definition) is 2. The van der Waals surface area contributed by atoms with Crippen LogP contribution in [-0.2, 0) is 0 Å². The Morgan fingerprint density at radius 1 is 1.55 bits per heavy atom. The quantitative estimate of drug-likeness (QED) is 0.438. The molecule has 0 aromatic rings. The lowest BCUT2D eigenvalue weighted by Gasteiger charge is -1.95. The molecular formula is C6H5N5. The second-order valence-electron chi connectivity index (χ2n) is 1.85. The highest BCUT2D eigenvalue weighted by atomic mass is 15.1. The zero-order valence-corrected chi connectivity index (χ0v) is 5.63. The molecule has 0 aliphatic carbocycles. The van der Waals surface area contributed by atoms with E-state index in [1.807, 2.05) is 0 Å². The Hall–Kier alpha value is -2.01. The van der Waals surface area contributed by atoms with E-state index in [-0.39, 0.29) is 11.4 Å². The van der Waals surface area contributed by atoms with Crippen molar-refractivity contribution in [2.45, 2.75) is 0 Å². The number of allylic oxidation sites excluding steroid dienone is 1. The molecule has 54 valence electrons. The summed E-state index contributed by atoms with van der Waals surface area (Å²) in [6.45, 7) is 0.341. The molecule has 1 aliphatic heterocycles. The molecule has 1 heterocycles. The Morgan fingerprint density at radius 3 is 2.55 bits per heavy atom. The van der Waals surface area contributed by atoms with Gasteiger partial charge >= 0.3 is 0 Å². The van der Waals surface area contributed by atoms with Gasteiger partial charge in [0.05, 0.1) is 0 Å². The molecule has 0 fully saturated rings. The number of nitrogens with one attached hydrogen (secondary N) is 1. The molecule has 5 heteroatoms.